The Morgan fingerprint density at radius 3 is 3.12 bits per heavy atom. The minimum Gasteiger partial charge on any atom is -0.396 e. The molecule has 0 aliphatic heterocycles. The molecule has 1 aromatic heterocycles. The van der Waals surface area contributed by atoms with E-state index in [-0.39, 0.29) is 12.6 Å². The van der Waals surface area contributed by atoms with E-state index < -0.39 is 0 Å². The summed E-state index contributed by atoms with van der Waals surface area (Å²) in [6.45, 7) is 0.562. The van der Waals surface area contributed by atoms with E-state index >= 15 is 0 Å². The zero-order valence-corrected chi connectivity index (χ0v) is 9.72. The molecule has 88 valence electrons. The van der Waals surface area contributed by atoms with E-state index in [4.69, 9.17) is 5.11 Å². The highest BCUT2D eigenvalue weighted by molar-refractivity contribution is 7.13. The Kier molecular flexibility index (Phi) is 3.74. The number of carbonyl (C=O) groups excluding carboxylic acids is 1. The molecule has 2 rings (SSSR count). The van der Waals surface area contributed by atoms with Gasteiger partial charge in [-0.1, -0.05) is 0 Å². The summed E-state index contributed by atoms with van der Waals surface area (Å²) in [6, 6.07) is -0.259. The Bertz CT molecular complexity index is 363. The van der Waals surface area contributed by atoms with Crippen LogP contribution in [0.5, 0.6) is 0 Å². The number of nitrogens with zero attached hydrogens (tertiary/aromatic N) is 1. The molecule has 0 bridgehead atoms. The third-order valence-corrected chi connectivity index (χ3v) is 3.13. The van der Waals surface area contributed by atoms with Crippen LogP contribution < -0.4 is 10.6 Å². The summed E-state index contributed by atoms with van der Waals surface area (Å²) in [7, 11) is 0. The number of aliphatic hydroxyl groups excluding tert-OH is 1. The van der Waals surface area contributed by atoms with Crippen molar-refractivity contribution in [2.24, 2.45) is 0 Å². The van der Waals surface area contributed by atoms with Crippen molar-refractivity contribution in [3.63, 3.8) is 0 Å². The number of thiazole rings is 1. The van der Waals surface area contributed by atoms with Crippen molar-refractivity contribution in [2.45, 2.75) is 25.2 Å². The molecule has 1 saturated carbocycles. The predicted molar refractivity (Wildman–Crippen MR) is 62.8 cm³/mol. The second-order valence-electron chi connectivity index (χ2n) is 3.81. The molecule has 0 radical (unpaired) electrons. The zero-order chi connectivity index (χ0) is 11.4. The average Bonchev–Trinajstić information content (AvgIpc) is 3.01. The molecule has 0 spiro atoms. The van der Waals surface area contributed by atoms with Gasteiger partial charge >= 0.3 is 6.03 Å². The lowest BCUT2D eigenvalue weighted by Crippen LogP contribution is -2.29. The number of hydrogen-bond acceptors (Lipinski definition) is 4. The Balaban J connectivity index is 1.76. The van der Waals surface area contributed by atoms with Crippen molar-refractivity contribution in [1.82, 2.24) is 10.3 Å². The lowest BCUT2D eigenvalue weighted by molar-refractivity contribution is 0.249. The summed E-state index contributed by atoms with van der Waals surface area (Å²) in [6.07, 6.45) is 3.00. The third kappa shape index (κ3) is 3.18. The highest BCUT2D eigenvalue weighted by Crippen LogP contribution is 2.40. The van der Waals surface area contributed by atoms with Crippen molar-refractivity contribution in [3.05, 3.63) is 11.1 Å². The zero-order valence-electron chi connectivity index (χ0n) is 8.90. The summed E-state index contributed by atoms with van der Waals surface area (Å²) >= 11 is 1.45. The first kappa shape index (κ1) is 11.3. The molecule has 1 aliphatic carbocycles. The van der Waals surface area contributed by atoms with Crippen LogP contribution in [0, 0.1) is 0 Å². The maximum Gasteiger partial charge on any atom is 0.321 e. The number of nitrogens with one attached hydrogen (secondary N) is 2. The second kappa shape index (κ2) is 5.27. The quantitative estimate of drug-likeness (QED) is 0.684. The molecule has 0 atom stereocenters. The predicted octanol–water partition coefficient (Wildman–Crippen LogP) is 1.52. The Hall–Kier alpha value is -1.14. The van der Waals surface area contributed by atoms with E-state index in [0.717, 1.165) is 5.69 Å². The van der Waals surface area contributed by atoms with Crippen molar-refractivity contribution in [1.29, 1.82) is 0 Å². The van der Waals surface area contributed by atoms with Crippen LogP contribution in [0.25, 0.3) is 0 Å². The van der Waals surface area contributed by atoms with Gasteiger partial charge in [0.2, 0.25) is 0 Å². The molecule has 1 aromatic rings. The number of carbonyl (C=O) groups is 1. The number of amides is 2. The van der Waals surface area contributed by atoms with E-state index in [1.54, 1.807) is 0 Å². The lowest BCUT2D eigenvalue weighted by atomic mass is 10.3. The topological polar surface area (TPSA) is 74.2 Å². The molecular formula is C10H15N3O2S. The molecule has 6 heteroatoms. The van der Waals surface area contributed by atoms with E-state index in [1.807, 2.05) is 5.38 Å². The highest BCUT2D eigenvalue weighted by Gasteiger charge is 2.26. The average molecular weight is 241 g/mol. The SMILES string of the molecule is O=C(NCCCO)Nc1nc(C2CC2)cs1. The minimum atomic E-state index is -0.259. The molecule has 0 aromatic carbocycles. The second-order valence-corrected chi connectivity index (χ2v) is 4.67. The van der Waals surface area contributed by atoms with Crippen LogP contribution in [0.2, 0.25) is 0 Å². The fraction of sp³-hybridized carbons (Fsp3) is 0.600. The first-order valence-electron chi connectivity index (χ1n) is 5.40. The fourth-order valence-electron chi connectivity index (χ4n) is 1.33. The normalized spacial score (nSPS) is 14.8. The molecule has 5 nitrogen and oxygen atoms in total. The fourth-order valence-corrected chi connectivity index (χ4v) is 2.12. The van der Waals surface area contributed by atoms with E-state index in [1.165, 1.54) is 24.2 Å². The molecule has 1 aliphatic rings. The maximum atomic E-state index is 11.3. The van der Waals surface area contributed by atoms with Gasteiger partial charge in [-0.15, -0.1) is 11.3 Å². The van der Waals surface area contributed by atoms with Crippen molar-refractivity contribution in [2.75, 3.05) is 18.5 Å². The largest absolute Gasteiger partial charge is 0.396 e. The molecule has 3 N–H and O–H groups in total. The van der Waals surface area contributed by atoms with Crippen LogP contribution in [0.4, 0.5) is 9.93 Å². The molecule has 1 fully saturated rings. The Labute approximate surface area is 97.9 Å². The smallest absolute Gasteiger partial charge is 0.321 e. The van der Waals surface area contributed by atoms with Gasteiger partial charge in [-0.3, -0.25) is 5.32 Å². The summed E-state index contributed by atoms with van der Waals surface area (Å²) in [5.74, 6) is 0.615. The van der Waals surface area contributed by atoms with Gasteiger partial charge < -0.3 is 10.4 Å². The number of aliphatic hydroxyl groups is 1. The van der Waals surface area contributed by atoms with Gasteiger partial charge in [0.15, 0.2) is 5.13 Å². The summed E-state index contributed by atoms with van der Waals surface area (Å²) in [5, 5.41) is 16.5. The van der Waals surface area contributed by atoms with Gasteiger partial charge in [0.1, 0.15) is 0 Å². The van der Waals surface area contributed by atoms with Crippen molar-refractivity contribution in [3.8, 4) is 0 Å². The number of aromatic nitrogens is 1. The van der Waals surface area contributed by atoms with Crippen LogP contribution in [0.15, 0.2) is 5.38 Å². The maximum absolute atomic E-state index is 11.3. The Morgan fingerprint density at radius 1 is 1.62 bits per heavy atom. The molecule has 2 amide bonds. The monoisotopic (exact) mass is 241 g/mol. The van der Waals surface area contributed by atoms with Crippen molar-refractivity contribution >= 4 is 22.5 Å². The molecule has 0 saturated heterocycles. The van der Waals surface area contributed by atoms with E-state index in [0.29, 0.717) is 24.0 Å². The van der Waals surface area contributed by atoms with Crippen LogP contribution in [0.3, 0.4) is 0 Å². The molecular weight excluding hydrogens is 226 g/mol. The first-order valence-corrected chi connectivity index (χ1v) is 6.28. The standard InChI is InChI=1S/C10H15N3O2S/c14-5-1-4-11-9(15)13-10-12-8(6-16-10)7-2-3-7/h6-7,14H,1-5H2,(H2,11,12,13,15). The van der Waals surface area contributed by atoms with Gasteiger partial charge in [0.05, 0.1) is 5.69 Å². The van der Waals surface area contributed by atoms with E-state index in [2.05, 4.69) is 15.6 Å². The van der Waals surface area contributed by atoms with Gasteiger partial charge in [-0.25, -0.2) is 9.78 Å². The summed E-state index contributed by atoms with van der Waals surface area (Å²) in [4.78, 5) is 15.7. The van der Waals surface area contributed by atoms with Crippen LogP contribution in [-0.2, 0) is 0 Å². The van der Waals surface area contributed by atoms with Crippen LogP contribution in [0.1, 0.15) is 30.9 Å². The number of urea groups is 1. The third-order valence-electron chi connectivity index (χ3n) is 2.36. The van der Waals surface area contributed by atoms with Crippen molar-refractivity contribution < 1.29 is 9.90 Å². The highest BCUT2D eigenvalue weighted by atomic mass is 32.1. The van der Waals surface area contributed by atoms with E-state index in [9.17, 15) is 4.79 Å². The minimum absolute atomic E-state index is 0.0867. The number of rotatable bonds is 5. The lowest BCUT2D eigenvalue weighted by Gasteiger charge is -2.03. The van der Waals surface area contributed by atoms with Gasteiger partial charge in [-0.2, -0.15) is 0 Å². The van der Waals surface area contributed by atoms with Crippen LogP contribution in [-0.4, -0.2) is 29.3 Å². The van der Waals surface area contributed by atoms with Gasteiger partial charge in [0, 0.05) is 24.4 Å². The van der Waals surface area contributed by atoms with Crippen LogP contribution >= 0.6 is 11.3 Å². The number of hydrogen-bond donors (Lipinski definition) is 3. The summed E-state index contributed by atoms with van der Waals surface area (Å²) < 4.78 is 0. The summed E-state index contributed by atoms with van der Waals surface area (Å²) in [5.41, 5.74) is 1.09. The van der Waals surface area contributed by atoms with Gasteiger partial charge in [0.25, 0.3) is 0 Å². The Morgan fingerprint density at radius 2 is 2.44 bits per heavy atom. The molecule has 16 heavy (non-hydrogen) atoms. The molecule has 0 unspecified atom stereocenters. The first-order chi connectivity index (χ1) is 7.79. The van der Waals surface area contributed by atoms with Gasteiger partial charge in [-0.05, 0) is 19.3 Å². The molecule has 1 heterocycles. The number of anilines is 1.